The van der Waals surface area contributed by atoms with E-state index in [4.69, 9.17) is 4.74 Å². The number of hydrogen-bond donors (Lipinski definition) is 1. The maximum Gasteiger partial charge on any atom is 0.251 e. The number of carbonyl (C=O) groups is 1. The standard InChI is InChI=1S/C27H30N2O4S/c1-19(2)22-8-11-25(12-9-22)34(31,32)29-14-15-33-26-13-10-23(16-24(26)18-29)27(30)28-17-21-6-4-20(3)5-7-21/h4-13,16,19H,14-15,17-18H2,1-3H3,(H,28,30). The number of nitrogens with zero attached hydrogens (tertiary/aromatic N) is 1. The summed E-state index contributed by atoms with van der Waals surface area (Å²) in [5.41, 5.74) is 4.40. The van der Waals surface area contributed by atoms with Gasteiger partial charge >= 0.3 is 0 Å². The van der Waals surface area contributed by atoms with Gasteiger partial charge in [-0.2, -0.15) is 4.31 Å². The predicted octanol–water partition coefficient (Wildman–Crippen LogP) is 4.63. The molecule has 34 heavy (non-hydrogen) atoms. The molecule has 1 N–H and O–H groups in total. The average molecular weight is 479 g/mol. The summed E-state index contributed by atoms with van der Waals surface area (Å²) in [4.78, 5) is 13.0. The number of amides is 1. The molecule has 7 heteroatoms. The van der Waals surface area contributed by atoms with E-state index in [1.807, 2.05) is 43.3 Å². The third-order valence-corrected chi connectivity index (χ3v) is 7.89. The monoisotopic (exact) mass is 478 g/mol. The van der Waals surface area contributed by atoms with Gasteiger partial charge in [-0.15, -0.1) is 0 Å². The summed E-state index contributed by atoms with van der Waals surface area (Å²) in [5, 5.41) is 2.93. The molecule has 4 rings (SSSR count). The summed E-state index contributed by atoms with van der Waals surface area (Å²) in [7, 11) is -3.70. The molecule has 0 radical (unpaired) electrons. The van der Waals surface area contributed by atoms with Crippen LogP contribution < -0.4 is 10.1 Å². The van der Waals surface area contributed by atoms with Crippen molar-refractivity contribution < 1.29 is 17.9 Å². The molecule has 0 bridgehead atoms. The minimum absolute atomic E-state index is 0.142. The van der Waals surface area contributed by atoms with Gasteiger partial charge in [0.25, 0.3) is 5.91 Å². The Morgan fingerprint density at radius 2 is 1.74 bits per heavy atom. The third-order valence-electron chi connectivity index (χ3n) is 6.03. The van der Waals surface area contributed by atoms with Crippen molar-refractivity contribution in [2.75, 3.05) is 13.2 Å². The van der Waals surface area contributed by atoms with Crippen LogP contribution in [0.2, 0.25) is 0 Å². The van der Waals surface area contributed by atoms with Gasteiger partial charge in [-0.3, -0.25) is 4.79 Å². The van der Waals surface area contributed by atoms with Crippen molar-refractivity contribution >= 4 is 15.9 Å². The summed E-state index contributed by atoms with van der Waals surface area (Å²) in [6.07, 6.45) is 0. The highest BCUT2D eigenvalue weighted by atomic mass is 32.2. The zero-order valence-electron chi connectivity index (χ0n) is 19.7. The molecule has 6 nitrogen and oxygen atoms in total. The van der Waals surface area contributed by atoms with Crippen molar-refractivity contribution in [3.8, 4) is 5.75 Å². The van der Waals surface area contributed by atoms with E-state index in [2.05, 4.69) is 19.2 Å². The zero-order valence-corrected chi connectivity index (χ0v) is 20.6. The van der Waals surface area contributed by atoms with Gasteiger partial charge in [0.1, 0.15) is 12.4 Å². The Balaban J connectivity index is 1.51. The lowest BCUT2D eigenvalue weighted by atomic mass is 10.0. The number of sulfonamides is 1. The second-order valence-corrected chi connectivity index (χ2v) is 10.8. The first-order valence-electron chi connectivity index (χ1n) is 11.4. The Kier molecular flexibility index (Phi) is 7.05. The van der Waals surface area contributed by atoms with Crippen LogP contribution in [0, 0.1) is 6.92 Å². The molecule has 0 unspecified atom stereocenters. The molecule has 1 heterocycles. The number of carbonyl (C=O) groups excluding carboxylic acids is 1. The Morgan fingerprint density at radius 1 is 1.03 bits per heavy atom. The van der Waals surface area contributed by atoms with E-state index in [0.717, 1.165) is 16.7 Å². The van der Waals surface area contributed by atoms with Crippen LogP contribution in [0.5, 0.6) is 5.75 Å². The molecular weight excluding hydrogens is 448 g/mol. The van der Waals surface area contributed by atoms with Gasteiger partial charge in [-0.1, -0.05) is 55.8 Å². The number of benzene rings is 3. The number of hydrogen-bond acceptors (Lipinski definition) is 4. The lowest BCUT2D eigenvalue weighted by molar-refractivity contribution is 0.0950. The van der Waals surface area contributed by atoms with E-state index in [1.54, 1.807) is 30.3 Å². The summed E-state index contributed by atoms with van der Waals surface area (Å²) >= 11 is 0. The van der Waals surface area contributed by atoms with E-state index in [9.17, 15) is 13.2 Å². The molecule has 1 aliphatic rings. The lowest BCUT2D eigenvalue weighted by Gasteiger charge is -2.20. The Morgan fingerprint density at radius 3 is 2.41 bits per heavy atom. The van der Waals surface area contributed by atoms with E-state index in [1.165, 1.54) is 4.31 Å². The highest BCUT2D eigenvalue weighted by Crippen LogP contribution is 2.28. The van der Waals surface area contributed by atoms with Crippen LogP contribution in [0.25, 0.3) is 0 Å². The number of aryl methyl sites for hydroxylation is 1. The molecular formula is C27H30N2O4S. The van der Waals surface area contributed by atoms with Gasteiger partial charge in [0, 0.05) is 30.8 Å². The second-order valence-electron chi connectivity index (χ2n) is 8.90. The van der Waals surface area contributed by atoms with E-state index >= 15 is 0 Å². The molecule has 3 aromatic rings. The molecule has 0 aliphatic carbocycles. The Bertz CT molecular complexity index is 1270. The molecule has 0 saturated heterocycles. The van der Waals surface area contributed by atoms with Crippen LogP contribution in [0.15, 0.2) is 71.6 Å². The molecule has 0 saturated carbocycles. The summed E-state index contributed by atoms with van der Waals surface area (Å²) < 4.78 is 33.9. The fourth-order valence-electron chi connectivity index (χ4n) is 3.88. The van der Waals surface area contributed by atoms with Crippen LogP contribution in [-0.2, 0) is 23.1 Å². The maximum atomic E-state index is 13.3. The second kappa shape index (κ2) is 9.99. The maximum absolute atomic E-state index is 13.3. The number of nitrogens with one attached hydrogen (secondary N) is 1. The number of rotatable bonds is 6. The van der Waals surface area contributed by atoms with Gasteiger partial charge in [0.15, 0.2) is 0 Å². The normalized spacial score (nSPS) is 14.2. The average Bonchev–Trinajstić information content (AvgIpc) is 3.06. The van der Waals surface area contributed by atoms with Crippen LogP contribution in [-0.4, -0.2) is 31.8 Å². The van der Waals surface area contributed by atoms with Gasteiger partial charge in [0.05, 0.1) is 4.90 Å². The molecule has 1 aliphatic heterocycles. The van der Waals surface area contributed by atoms with Gasteiger partial charge in [-0.05, 0) is 54.3 Å². The molecule has 1 amide bonds. The molecule has 0 atom stereocenters. The molecule has 178 valence electrons. The first kappa shape index (κ1) is 24.0. The van der Waals surface area contributed by atoms with Crippen LogP contribution in [0.3, 0.4) is 0 Å². The smallest absolute Gasteiger partial charge is 0.251 e. The minimum atomic E-state index is -3.70. The first-order chi connectivity index (χ1) is 16.2. The van der Waals surface area contributed by atoms with E-state index < -0.39 is 10.0 Å². The molecule has 3 aromatic carbocycles. The van der Waals surface area contributed by atoms with Crippen molar-refractivity contribution in [3.05, 3.63) is 94.5 Å². The SMILES string of the molecule is Cc1ccc(CNC(=O)c2ccc3c(c2)CN(S(=O)(=O)c2ccc(C(C)C)cc2)CCO3)cc1. The topological polar surface area (TPSA) is 75.7 Å². The lowest BCUT2D eigenvalue weighted by Crippen LogP contribution is -2.32. The Labute approximate surface area is 201 Å². The van der Waals surface area contributed by atoms with Crippen LogP contribution >= 0.6 is 0 Å². The quantitative estimate of drug-likeness (QED) is 0.560. The van der Waals surface area contributed by atoms with Gasteiger partial charge in [0.2, 0.25) is 10.0 Å². The van der Waals surface area contributed by atoms with Crippen LogP contribution in [0.1, 0.15) is 52.4 Å². The minimum Gasteiger partial charge on any atom is -0.492 e. The summed E-state index contributed by atoms with van der Waals surface area (Å²) in [5.74, 6) is 0.708. The summed E-state index contributed by atoms with van der Waals surface area (Å²) in [6.45, 7) is 7.20. The van der Waals surface area contributed by atoms with Crippen molar-refractivity contribution in [2.24, 2.45) is 0 Å². The molecule has 0 aromatic heterocycles. The molecule has 0 spiro atoms. The highest BCUT2D eigenvalue weighted by Gasteiger charge is 2.28. The van der Waals surface area contributed by atoms with Crippen molar-refractivity contribution in [1.29, 1.82) is 0 Å². The largest absolute Gasteiger partial charge is 0.492 e. The third kappa shape index (κ3) is 5.32. The van der Waals surface area contributed by atoms with Crippen molar-refractivity contribution in [2.45, 2.75) is 44.7 Å². The highest BCUT2D eigenvalue weighted by molar-refractivity contribution is 7.89. The fraction of sp³-hybridized carbons (Fsp3) is 0.296. The zero-order chi connectivity index (χ0) is 24.3. The first-order valence-corrected chi connectivity index (χ1v) is 12.9. The van der Waals surface area contributed by atoms with Crippen molar-refractivity contribution in [1.82, 2.24) is 9.62 Å². The van der Waals surface area contributed by atoms with E-state index in [0.29, 0.717) is 29.3 Å². The number of ether oxygens (including phenoxy) is 1. The van der Waals surface area contributed by atoms with Crippen molar-refractivity contribution in [3.63, 3.8) is 0 Å². The Hall–Kier alpha value is -3.16. The summed E-state index contributed by atoms with van der Waals surface area (Å²) in [6, 6.07) is 20.2. The van der Waals surface area contributed by atoms with E-state index in [-0.39, 0.29) is 30.5 Å². The van der Waals surface area contributed by atoms with Gasteiger partial charge < -0.3 is 10.1 Å². The van der Waals surface area contributed by atoms with Crippen LogP contribution in [0.4, 0.5) is 0 Å². The number of fused-ring (bicyclic) bond motifs is 1. The molecule has 0 fully saturated rings. The fourth-order valence-corrected chi connectivity index (χ4v) is 5.28. The van der Waals surface area contributed by atoms with Gasteiger partial charge in [-0.25, -0.2) is 8.42 Å². The predicted molar refractivity (Wildman–Crippen MR) is 132 cm³/mol.